The summed E-state index contributed by atoms with van der Waals surface area (Å²) in [5, 5.41) is 11.1. The Morgan fingerprint density at radius 3 is 2.29 bits per heavy atom. The lowest BCUT2D eigenvalue weighted by Gasteiger charge is -2.38. The molecular formula is C29H32N2O3. The number of rotatable bonds is 7. The first kappa shape index (κ1) is 22.6. The third-order valence-corrected chi connectivity index (χ3v) is 7.13. The van der Waals surface area contributed by atoms with E-state index in [4.69, 9.17) is 4.74 Å². The molecule has 34 heavy (non-hydrogen) atoms. The van der Waals surface area contributed by atoms with E-state index in [2.05, 4.69) is 17.0 Å². The SMILES string of the molecule is O=C1CCc2c(OCCN3CCC(O)(c4ccccc4)CC3)cccc2N1Cc1ccccc1. The summed E-state index contributed by atoms with van der Waals surface area (Å²) in [7, 11) is 0. The summed E-state index contributed by atoms with van der Waals surface area (Å²) in [5.74, 6) is 1.04. The molecule has 0 aromatic heterocycles. The van der Waals surface area contributed by atoms with E-state index < -0.39 is 5.60 Å². The minimum absolute atomic E-state index is 0.160. The maximum absolute atomic E-state index is 12.7. The van der Waals surface area contributed by atoms with Crippen LogP contribution in [0.15, 0.2) is 78.9 Å². The number of fused-ring (bicyclic) bond motifs is 1. The molecule has 1 saturated heterocycles. The molecule has 0 bridgehead atoms. The van der Waals surface area contributed by atoms with E-state index in [1.165, 1.54) is 0 Å². The lowest BCUT2D eigenvalue weighted by Crippen LogP contribution is -2.43. The molecule has 0 atom stereocenters. The number of ether oxygens (including phenoxy) is 1. The number of piperidine rings is 1. The molecule has 176 valence electrons. The molecule has 2 heterocycles. The van der Waals surface area contributed by atoms with Crippen molar-refractivity contribution in [3.8, 4) is 5.75 Å². The van der Waals surface area contributed by atoms with Gasteiger partial charge in [0.25, 0.3) is 0 Å². The second kappa shape index (κ2) is 10.00. The number of aliphatic hydroxyl groups is 1. The third-order valence-electron chi connectivity index (χ3n) is 7.13. The molecule has 0 radical (unpaired) electrons. The van der Waals surface area contributed by atoms with Gasteiger partial charge in [-0.1, -0.05) is 66.7 Å². The standard InChI is InChI=1S/C29H32N2O3/c32-28-15-14-25-26(31(28)22-23-8-3-1-4-9-23)12-7-13-27(25)34-21-20-30-18-16-29(33,17-19-30)24-10-5-2-6-11-24/h1-13,33H,14-22H2. The molecule has 0 saturated carbocycles. The highest BCUT2D eigenvalue weighted by atomic mass is 16.5. The second-order valence-corrected chi connectivity index (χ2v) is 9.31. The second-order valence-electron chi connectivity index (χ2n) is 9.31. The Kier molecular flexibility index (Phi) is 6.66. The van der Waals surface area contributed by atoms with E-state index in [9.17, 15) is 9.90 Å². The normalized spacial score (nSPS) is 17.9. The van der Waals surface area contributed by atoms with Crippen molar-refractivity contribution in [1.29, 1.82) is 0 Å². The summed E-state index contributed by atoms with van der Waals surface area (Å²) in [5.41, 5.74) is 3.48. The van der Waals surface area contributed by atoms with E-state index >= 15 is 0 Å². The van der Waals surface area contributed by atoms with Gasteiger partial charge in [-0.05, 0) is 42.5 Å². The monoisotopic (exact) mass is 456 g/mol. The van der Waals surface area contributed by atoms with Crippen LogP contribution in [-0.2, 0) is 23.4 Å². The molecule has 1 fully saturated rings. The maximum atomic E-state index is 12.7. The predicted octanol–water partition coefficient (Wildman–Crippen LogP) is 4.53. The zero-order valence-electron chi connectivity index (χ0n) is 19.5. The minimum atomic E-state index is -0.730. The van der Waals surface area contributed by atoms with E-state index in [1.807, 2.05) is 71.6 Å². The summed E-state index contributed by atoms with van der Waals surface area (Å²) < 4.78 is 6.24. The molecule has 1 N–H and O–H groups in total. The number of carbonyl (C=O) groups excluding carboxylic acids is 1. The highest BCUT2D eigenvalue weighted by molar-refractivity contribution is 5.96. The number of benzene rings is 3. The Hall–Kier alpha value is -3.15. The van der Waals surface area contributed by atoms with Gasteiger partial charge in [0.05, 0.1) is 17.8 Å². The van der Waals surface area contributed by atoms with Gasteiger partial charge in [-0.3, -0.25) is 9.69 Å². The fourth-order valence-electron chi connectivity index (χ4n) is 5.10. The van der Waals surface area contributed by atoms with Crippen molar-refractivity contribution < 1.29 is 14.6 Å². The average molecular weight is 457 g/mol. The van der Waals surface area contributed by atoms with Crippen LogP contribution in [0.1, 0.15) is 36.0 Å². The fourth-order valence-corrected chi connectivity index (χ4v) is 5.10. The van der Waals surface area contributed by atoms with Crippen LogP contribution in [0.25, 0.3) is 0 Å². The molecule has 3 aromatic carbocycles. The van der Waals surface area contributed by atoms with Gasteiger partial charge < -0.3 is 14.7 Å². The summed E-state index contributed by atoms with van der Waals surface area (Å²) in [4.78, 5) is 17.0. The highest BCUT2D eigenvalue weighted by Crippen LogP contribution is 2.36. The van der Waals surface area contributed by atoms with Gasteiger partial charge in [-0.25, -0.2) is 0 Å². The Labute approximate surface area is 201 Å². The molecule has 5 nitrogen and oxygen atoms in total. The Morgan fingerprint density at radius 2 is 1.56 bits per heavy atom. The summed E-state index contributed by atoms with van der Waals surface area (Å²) in [6.07, 6.45) is 2.68. The maximum Gasteiger partial charge on any atom is 0.227 e. The van der Waals surface area contributed by atoms with Crippen LogP contribution in [-0.4, -0.2) is 42.2 Å². The van der Waals surface area contributed by atoms with E-state index in [0.29, 0.717) is 26.0 Å². The van der Waals surface area contributed by atoms with E-state index in [0.717, 1.165) is 60.6 Å². The van der Waals surface area contributed by atoms with Crippen LogP contribution in [0.2, 0.25) is 0 Å². The molecule has 0 spiro atoms. The predicted molar refractivity (Wildman–Crippen MR) is 134 cm³/mol. The van der Waals surface area contributed by atoms with Gasteiger partial charge >= 0.3 is 0 Å². The number of amides is 1. The van der Waals surface area contributed by atoms with Crippen LogP contribution in [0.3, 0.4) is 0 Å². The molecule has 0 aliphatic carbocycles. The zero-order valence-corrected chi connectivity index (χ0v) is 19.5. The van der Waals surface area contributed by atoms with Crippen molar-refractivity contribution in [1.82, 2.24) is 4.90 Å². The average Bonchev–Trinajstić information content (AvgIpc) is 2.88. The lowest BCUT2D eigenvalue weighted by molar-refractivity contribution is -0.119. The molecule has 1 amide bonds. The third kappa shape index (κ3) is 4.86. The van der Waals surface area contributed by atoms with Crippen molar-refractivity contribution in [3.63, 3.8) is 0 Å². The van der Waals surface area contributed by atoms with Gasteiger partial charge in [0, 0.05) is 31.6 Å². The summed E-state index contributed by atoms with van der Waals surface area (Å²) in [6.45, 7) is 3.68. The van der Waals surface area contributed by atoms with Gasteiger partial charge in [-0.2, -0.15) is 0 Å². The topological polar surface area (TPSA) is 53.0 Å². The van der Waals surface area contributed by atoms with Crippen molar-refractivity contribution in [3.05, 3.63) is 95.6 Å². The Balaban J connectivity index is 1.19. The number of likely N-dealkylation sites (tertiary alicyclic amines) is 1. The molecule has 5 heteroatoms. The number of carbonyl (C=O) groups is 1. The number of anilines is 1. The highest BCUT2D eigenvalue weighted by Gasteiger charge is 2.33. The van der Waals surface area contributed by atoms with Crippen molar-refractivity contribution in [2.45, 2.75) is 37.8 Å². The minimum Gasteiger partial charge on any atom is -0.492 e. The molecule has 2 aliphatic heterocycles. The summed E-state index contributed by atoms with van der Waals surface area (Å²) >= 11 is 0. The van der Waals surface area contributed by atoms with E-state index in [-0.39, 0.29) is 5.91 Å². The van der Waals surface area contributed by atoms with Crippen molar-refractivity contribution in [2.75, 3.05) is 31.1 Å². The molecule has 0 unspecified atom stereocenters. The van der Waals surface area contributed by atoms with Crippen LogP contribution < -0.4 is 9.64 Å². The number of hydrogen-bond acceptors (Lipinski definition) is 4. The first-order valence-electron chi connectivity index (χ1n) is 12.2. The molecular weight excluding hydrogens is 424 g/mol. The van der Waals surface area contributed by atoms with Crippen LogP contribution in [0.4, 0.5) is 5.69 Å². The van der Waals surface area contributed by atoms with Gasteiger partial charge in [0.1, 0.15) is 12.4 Å². The van der Waals surface area contributed by atoms with Crippen molar-refractivity contribution >= 4 is 11.6 Å². The number of hydrogen-bond donors (Lipinski definition) is 1. The first-order valence-corrected chi connectivity index (χ1v) is 12.2. The molecule has 2 aliphatic rings. The van der Waals surface area contributed by atoms with Gasteiger partial charge in [-0.15, -0.1) is 0 Å². The molecule has 5 rings (SSSR count). The van der Waals surface area contributed by atoms with Crippen LogP contribution in [0.5, 0.6) is 5.75 Å². The number of nitrogens with zero attached hydrogens (tertiary/aromatic N) is 2. The lowest BCUT2D eigenvalue weighted by atomic mass is 9.84. The Morgan fingerprint density at radius 1 is 0.853 bits per heavy atom. The quantitative estimate of drug-likeness (QED) is 0.568. The Bertz CT molecular complexity index is 1110. The smallest absolute Gasteiger partial charge is 0.227 e. The zero-order chi connectivity index (χ0) is 23.4. The van der Waals surface area contributed by atoms with Gasteiger partial charge in [0.2, 0.25) is 5.91 Å². The van der Waals surface area contributed by atoms with E-state index in [1.54, 1.807) is 0 Å². The first-order chi connectivity index (χ1) is 16.6. The van der Waals surface area contributed by atoms with Crippen molar-refractivity contribution in [2.24, 2.45) is 0 Å². The fraction of sp³-hybridized carbons (Fsp3) is 0.345. The van der Waals surface area contributed by atoms with Crippen LogP contribution in [0, 0.1) is 0 Å². The molecule has 3 aromatic rings. The van der Waals surface area contributed by atoms with Crippen LogP contribution >= 0.6 is 0 Å². The summed E-state index contributed by atoms with van der Waals surface area (Å²) in [6, 6.07) is 26.1. The largest absolute Gasteiger partial charge is 0.492 e. The van der Waals surface area contributed by atoms with Gasteiger partial charge in [0.15, 0.2) is 0 Å².